The molecule has 100 valence electrons. The molecule has 0 radical (unpaired) electrons. The van der Waals surface area contributed by atoms with Crippen LogP contribution in [-0.2, 0) is 4.79 Å². The van der Waals surface area contributed by atoms with Gasteiger partial charge in [0.25, 0.3) is 0 Å². The highest BCUT2D eigenvalue weighted by Crippen LogP contribution is 2.16. The molecule has 3 nitrogen and oxygen atoms in total. The molecule has 0 saturated heterocycles. The largest absolute Gasteiger partial charge is 0.386 e. The van der Waals surface area contributed by atoms with Crippen molar-refractivity contribution in [1.82, 2.24) is 5.32 Å². The topological polar surface area (TPSA) is 49.3 Å². The third-order valence-electron chi connectivity index (χ3n) is 2.79. The fourth-order valence-electron chi connectivity index (χ4n) is 1.72. The van der Waals surface area contributed by atoms with Gasteiger partial charge in [-0.3, -0.25) is 4.79 Å². The number of unbranched alkanes of at least 4 members (excludes halogenated alkanes) is 1. The molecular weight excluding hydrogens is 250 g/mol. The lowest BCUT2D eigenvalue weighted by Gasteiger charge is -2.20. The Morgan fingerprint density at radius 2 is 2.00 bits per heavy atom. The van der Waals surface area contributed by atoms with Crippen molar-refractivity contribution < 1.29 is 9.90 Å². The van der Waals surface area contributed by atoms with E-state index in [1.165, 1.54) is 0 Å². The monoisotopic (exact) mass is 269 g/mol. The normalized spacial score (nSPS) is 13.9. The van der Waals surface area contributed by atoms with Gasteiger partial charge >= 0.3 is 0 Å². The summed E-state index contributed by atoms with van der Waals surface area (Å²) in [5.74, 6) is 0.540. The van der Waals surface area contributed by atoms with Crippen molar-refractivity contribution in [3.8, 4) is 0 Å². The van der Waals surface area contributed by atoms with E-state index in [9.17, 15) is 9.90 Å². The second-order valence-electron chi connectivity index (χ2n) is 4.36. The van der Waals surface area contributed by atoms with Crippen LogP contribution in [0.15, 0.2) is 30.3 Å². The van der Waals surface area contributed by atoms with Crippen molar-refractivity contribution in [2.45, 2.75) is 38.3 Å². The lowest BCUT2D eigenvalue weighted by atomic mass is 10.0. The minimum atomic E-state index is -0.678. The van der Waals surface area contributed by atoms with Gasteiger partial charge in [-0.05, 0) is 25.3 Å². The number of halogens is 1. The summed E-state index contributed by atoms with van der Waals surface area (Å²) in [7, 11) is 0. The van der Waals surface area contributed by atoms with Crippen LogP contribution in [0.25, 0.3) is 0 Å². The fourth-order valence-corrected chi connectivity index (χ4v) is 1.91. The highest BCUT2D eigenvalue weighted by Gasteiger charge is 2.17. The predicted molar refractivity (Wildman–Crippen MR) is 73.6 cm³/mol. The molecular formula is C14H20ClNO2. The van der Waals surface area contributed by atoms with Crippen molar-refractivity contribution in [2.24, 2.45) is 0 Å². The molecule has 0 aliphatic carbocycles. The molecule has 0 aliphatic heterocycles. The minimum absolute atomic E-state index is 0.0393. The molecule has 0 fully saturated rings. The van der Waals surface area contributed by atoms with Crippen LogP contribution in [0.5, 0.6) is 0 Å². The van der Waals surface area contributed by atoms with Crippen LogP contribution in [-0.4, -0.2) is 22.9 Å². The molecule has 18 heavy (non-hydrogen) atoms. The summed E-state index contributed by atoms with van der Waals surface area (Å²) < 4.78 is 0. The molecule has 1 amide bonds. The first-order chi connectivity index (χ1) is 8.65. The quantitative estimate of drug-likeness (QED) is 0.591. The van der Waals surface area contributed by atoms with E-state index in [4.69, 9.17) is 11.6 Å². The van der Waals surface area contributed by atoms with E-state index in [0.29, 0.717) is 12.3 Å². The van der Waals surface area contributed by atoms with Gasteiger partial charge in [-0.2, -0.15) is 0 Å². The number of nitrogens with one attached hydrogen (secondary N) is 1. The van der Waals surface area contributed by atoms with Crippen molar-refractivity contribution in [3.63, 3.8) is 0 Å². The molecule has 1 aromatic rings. The van der Waals surface area contributed by atoms with Crippen LogP contribution >= 0.6 is 11.6 Å². The second kappa shape index (κ2) is 8.11. The molecule has 0 unspecified atom stereocenters. The molecule has 0 saturated carbocycles. The predicted octanol–water partition coefficient (Wildman–Crippen LogP) is 2.63. The van der Waals surface area contributed by atoms with Gasteiger partial charge in [0.1, 0.15) is 0 Å². The Morgan fingerprint density at radius 1 is 1.33 bits per heavy atom. The summed E-state index contributed by atoms with van der Waals surface area (Å²) in [4.78, 5) is 11.6. The lowest BCUT2D eigenvalue weighted by Crippen LogP contribution is -2.36. The van der Waals surface area contributed by atoms with Gasteiger partial charge in [0.15, 0.2) is 0 Å². The van der Waals surface area contributed by atoms with Crippen LogP contribution in [0.3, 0.4) is 0 Å². The summed E-state index contributed by atoms with van der Waals surface area (Å²) in [6.45, 7) is 1.80. The molecule has 0 bridgehead atoms. The summed E-state index contributed by atoms with van der Waals surface area (Å²) in [6, 6.07) is 9.03. The standard InChI is InChI=1S/C14H20ClNO2/c1-11(16-13(17)9-5-6-10-15)14(18)12-7-3-2-4-8-12/h2-4,7-8,11,14,18H,5-6,9-10H2,1H3,(H,16,17)/t11-,14+/m1/s1. The third-order valence-corrected chi connectivity index (χ3v) is 3.06. The highest BCUT2D eigenvalue weighted by molar-refractivity contribution is 6.17. The van der Waals surface area contributed by atoms with Crippen LogP contribution in [0.2, 0.25) is 0 Å². The summed E-state index contributed by atoms with van der Waals surface area (Å²) in [5, 5.41) is 12.9. The molecule has 0 aliphatic rings. The third kappa shape index (κ3) is 5.07. The molecule has 2 atom stereocenters. The number of hydrogen-bond donors (Lipinski definition) is 2. The Bertz CT molecular complexity index is 356. The highest BCUT2D eigenvalue weighted by atomic mass is 35.5. The zero-order chi connectivity index (χ0) is 13.4. The molecule has 1 aromatic carbocycles. The van der Waals surface area contributed by atoms with E-state index < -0.39 is 6.10 Å². The number of carbonyl (C=O) groups is 1. The van der Waals surface area contributed by atoms with E-state index in [-0.39, 0.29) is 11.9 Å². The maximum absolute atomic E-state index is 11.6. The van der Waals surface area contributed by atoms with Gasteiger partial charge in [0, 0.05) is 12.3 Å². The van der Waals surface area contributed by atoms with E-state index in [0.717, 1.165) is 18.4 Å². The van der Waals surface area contributed by atoms with Crippen LogP contribution in [0.1, 0.15) is 37.9 Å². The van der Waals surface area contributed by atoms with Crippen molar-refractivity contribution in [3.05, 3.63) is 35.9 Å². The van der Waals surface area contributed by atoms with Crippen LogP contribution in [0.4, 0.5) is 0 Å². The van der Waals surface area contributed by atoms with Crippen molar-refractivity contribution in [1.29, 1.82) is 0 Å². The molecule has 1 rings (SSSR count). The first-order valence-electron chi connectivity index (χ1n) is 6.23. The Kier molecular flexibility index (Phi) is 6.76. The van der Waals surface area contributed by atoms with Gasteiger partial charge in [-0.15, -0.1) is 11.6 Å². The maximum Gasteiger partial charge on any atom is 0.220 e. The van der Waals surface area contributed by atoms with E-state index in [2.05, 4.69) is 5.32 Å². The van der Waals surface area contributed by atoms with Crippen molar-refractivity contribution >= 4 is 17.5 Å². The van der Waals surface area contributed by atoms with Gasteiger partial charge in [0.2, 0.25) is 5.91 Å². The Labute approximate surface area is 113 Å². The van der Waals surface area contributed by atoms with Gasteiger partial charge < -0.3 is 10.4 Å². The van der Waals surface area contributed by atoms with Gasteiger partial charge in [-0.1, -0.05) is 30.3 Å². The lowest BCUT2D eigenvalue weighted by molar-refractivity contribution is -0.122. The van der Waals surface area contributed by atoms with E-state index in [1.54, 1.807) is 6.92 Å². The SMILES string of the molecule is C[C@@H](NC(=O)CCCCCl)[C@H](O)c1ccccc1. The number of aliphatic hydroxyl groups is 1. The smallest absolute Gasteiger partial charge is 0.220 e. The first-order valence-corrected chi connectivity index (χ1v) is 6.77. The number of amides is 1. The number of carbonyl (C=O) groups excluding carboxylic acids is 1. The first kappa shape index (κ1) is 15.0. The Hall–Kier alpha value is -1.06. The summed E-state index contributed by atoms with van der Waals surface area (Å²) in [6.07, 6.45) is 1.40. The molecule has 4 heteroatoms. The van der Waals surface area contributed by atoms with Crippen LogP contribution in [0, 0.1) is 0 Å². The second-order valence-corrected chi connectivity index (χ2v) is 4.74. The average Bonchev–Trinajstić information content (AvgIpc) is 2.39. The molecule has 0 spiro atoms. The number of rotatable bonds is 7. The average molecular weight is 270 g/mol. The van der Waals surface area contributed by atoms with E-state index in [1.807, 2.05) is 30.3 Å². The van der Waals surface area contributed by atoms with Gasteiger partial charge in [0.05, 0.1) is 12.1 Å². The number of aliphatic hydroxyl groups excluding tert-OH is 1. The van der Waals surface area contributed by atoms with Crippen molar-refractivity contribution in [2.75, 3.05) is 5.88 Å². The molecule has 2 N–H and O–H groups in total. The number of benzene rings is 1. The molecule has 0 heterocycles. The summed E-state index contributed by atoms with van der Waals surface area (Å²) >= 11 is 5.55. The Balaban J connectivity index is 2.40. The zero-order valence-electron chi connectivity index (χ0n) is 10.6. The maximum atomic E-state index is 11.6. The zero-order valence-corrected chi connectivity index (χ0v) is 11.4. The van der Waals surface area contributed by atoms with Crippen LogP contribution < -0.4 is 5.32 Å². The fraction of sp³-hybridized carbons (Fsp3) is 0.500. The van der Waals surface area contributed by atoms with E-state index >= 15 is 0 Å². The minimum Gasteiger partial charge on any atom is -0.386 e. The van der Waals surface area contributed by atoms with Gasteiger partial charge in [-0.25, -0.2) is 0 Å². The number of hydrogen-bond acceptors (Lipinski definition) is 2. The summed E-state index contributed by atoms with van der Waals surface area (Å²) in [5.41, 5.74) is 0.811. The Morgan fingerprint density at radius 3 is 2.61 bits per heavy atom. The molecule has 0 aromatic heterocycles. The number of alkyl halides is 1.